The summed E-state index contributed by atoms with van der Waals surface area (Å²) in [7, 11) is 1.37. The molecule has 0 aromatic heterocycles. The van der Waals surface area contributed by atoms with Crippen LogP contribution < -0.4 is 10.2 Å². The number of methoxy groups -OCH3 is 1. The summed E-state index contributed by atoms with van der Waals surface area (Å²) in [5.41, 5.74) is 3.89. The molecule has 0 atom stereocenters. The highest BCUT2D eigenvalue weighted by Crippen LogP contribution is 2.18. The summed E-state index contributed by atoms with van der Waals surface area (Å²) in [6.07, 6.45) is 0. The zero-order valence-corrected chi connectivity index (χ0v) is 15.8. The smallest absolute Gasteiger partial charge is 0.337 e. The van der Waals surface area contributed by atoms with Crippen LogP contribution in [-0.4, -0.2) is 50.2 Å². The third kappa shape index (κ3) is 4.78. The molecule has 0 unspecified atom stereocenters. The monoisotopic (exact) mass is 367 g/mol. The van der Waals surface area contributed by atoms with E-state index < -0.39 is 0 Å². The van der Waals surface area contributed by atoms with Gasteiger partial charge in [-0.05, 0) is 36.8 Å². The topological polar surface area (TPSA) is 61.9 Å². The fraction of sp³-hybridized carbons (Fsp3) is 0.333. The molecule has 2 aromatic rings. The molecule has 0 saturated carbocycles. The van der Waals surface area contributed by atoms with Crippen LogP contribution >= 0.6 is 0 Å². The van der Waals surface area contributed by atoms with Gasteiger partial charge in [0.15, 0.2) is 0 Å². The lowest BCUT2D eigenvalue weighted by Gasteiger charge is -2.36. The molecule has 0 bridgehead atoms. The number of carbonyl (C=O) groups excluding carboxylic acids is 2. The van der Waals surface area contributed by atoms with Crippen LogP contribution in [0.4, 0.5) is 10.5 Å². The van der Waals surface area contributed by atoms with Crippen molar-refractivity contribution in [2.24, 2.45) is 0 Å². The first-order valence-corrected chi connectivity index (χ1v) is 9.08. The fourth-order valence-corrected chi connectivity index (χ4v) is 3.09. The fourth-order valence-electron chi connectivity index (χ4n) is 3.09. The molecule has 2 aromatic carbocycles. The van der Waals surface area contributed by atoms with Crippen molar-refractivity contribution in [3.8, 4) is 0 Å². The van der Waals surface area contributed by atoms with Gasteiger partial charge in [-0.3, -0.25) is 0 Å². The van der Waals surface area contributed by atoms with Crippen molar-refractivity contribution in [3.63, 3.8) is 0 Å². The molecule has 1 saturated heterocycles. The Labute approximate surface area is 159 Å². The maximum absolute atomic E-state index is 12.4. The van der Waals surface area contributed by atoms with Gasteiger partial charge in [0.1, 0.15) is 0 Å². The number of anilines is 1. The average molecular weight is 367 g/mol. The number of carbonyl (C=O) groups is 2. The summed E-state index contributed by atoms with van der Waals surface area (Å²) in [5.74, 6) is -0.336. The first-order valence-electron chi connectivity index (χ1n) is 9.08. The van der Waals surface area contributed by atoms with E-state index in [0.29, 0.717) is 25.2 Å². The van der Waals surface area contributed by atoms with Crippen molar-refractivity contribution < 1.29 is 14.3 Å². The van der Waals surface area contributed by atoms with Gasteiger partial charge in [0.2, 0.25) is 0 Å². The third-order valence-electron chi connectivity index (χ3n) is 4.78. The molecule has 6 heteroatoms. The zero-order valence-electron chi connectivity index (χ0n) is 15.8. The largest absolute Gasteiger partial charge is 0.465 e. The molecular formula is C21H25N3O3. The van der Waals surface area contributed by atoms with Crippen LogP contribution in [0.2, 0.25) is 0 Å². The Bertz CT molecular complexity index is 779. The lowest BCUT2D eigenvalue weighted by atomic mass is 10.1. The van der Waals surface area contributed by atoms with Crippen LogP contribution in [0.3, 0.4) is 0 Å². The molecule has 0 radical (unpaired) electrons. The van der Waals surface area contributed by atoms with Gasteiger partial charge in [-0.2, -0.15) is 0 Å². The van der Waals surface area contributed by atoms with Crippen LogP contribution in [-0.2, 0) is 11.3 Å². The van der Waals surface area contributed by atoms with Gasteiger partial charge in [-0.15, -0.1) is 0 Å². The Balaban J connectivity index is 1.48. The van der Waals surface area contributed by atoms with Gasteiger partial charge in [0.05, 0.1) is 12.7 Å². The van der Waals surface area contributed by atoms with E-state index in [-0.39, 0.29) is 12.0 Å². The van der Waals surface area contributed by atoms with E-state index in [1.54, 1.807) is 12.1 Å². The minimum absolute atomic E-state index is 0.0312. The zero-order chi connectivity index (χ0) is 19.2. The normalized spacial score (nSPS) is 14.0. The van der Waals surface area contributed by atoms with E-state index in [1.165, 1.54) is 12.7 Å². The second-order valence-electron chi connectivity index (χ2n) is 6.66. The van der Waals surface area contributed by atoms with Gasteiger partial charge in [0.25, 0.3) is 0 Å². The number of ether oxygens (including phenoxy) is 1. The minimum Gasteiger partial charge on any atom is -0.465 e. The molecule has 142 valence electrons. The Morgan fingerprint density at radius 2 is 1.59 bits per heavy atom. The minimum atomic E-state index is -0.336. The van der Waals surface area contributed by atoms with Gasteiger partial charge < -0.3 is 19.9 Å². The van der Waals surface area contributed by atoms with Crippen LogP contribution in [0.25, 0.3) is 0 Å². The van der Waals surface area contributed by atoms with Crippen LogP contribution in [0, 0.1) is 6.92 Å². The molecule has 27 heavy (non-hydrogen) atoms. The number of aryl methyl sites for hydroxylation is 1. The molecule has 1 fully saturated rings. The maximum Gasteiger partial charge on any atom is 0.337 e. The van der Waals surface area contributed by atoms with Crippen molar-refractivity contribution >= 4 is 17.7 Å². The van der Waals surface area contributed by atoms with Gasteiger partial charge in [-0.1, -0.05) is 29.8 Å². The molecule has 1 aliphatic rings. The lowest BCUT2D eigenvalue weighted by Crippen LogP contribution is -2.51. The molecule has 1 heterocycles. The predicted octanol–water partition coefficient (Wildman–Crippen LogP) is 2.81. The molecule has 0 aliphatic carbocycles. The molecule has 1 N–H and O–H groups in total. The van der Waals surface area contributed by atoms with Crippen molar-refractivity contribution in [3.05, 3.63) is 65.2 Å². The quantitative estimate of drug-likeness (QED) is 0.844. The van der Waals surface area contributed by atoms with Crippen molar-refractivity contribution in [2.45, 2.75) is 13.5 Å². The summed E-state index contributed by atoms with van der Waals surface area (Å²) in [5, 5.41) is 2.99. The molecule has 6 nitrogen and oxygen atoms in total. The number of nitrogens with one attached hydrogen (secondary N) is 1. The van der Waals surface area contributed by atoms with Crippen molar-refractivity contribution in [1.82, 2.24) is 10.2 Å². The number of amides is 2. The van der Waals surface area contributed by atoms with Gasteiger partial charge in [0, 0.05) is 38.4 Å². The molecule has 1 aliphatic heterocycles. The summed E-state index contributed by atoms with van der Waals surface area (Å²) >= 11 is 0. The Hall–Kier alpha value is -3.02. The van der Waals surface area contributed by atoms with Crippen molar-refractivity contribution in [2.75, 3.05) is 38.2 Å². The second kappa shape index (κ2) is 8.58. The molecular weight excluding hydrogens is 342 g/mol. The molecule has 2 amide bonds. The van der Waals surface area contributed by atoms with Crippen LogP contribution in [0.5, 0.6) is 0 Å². The Morgan fingerprint density at radius 1 is 0.963 bits per heavy atom. The third-order valence-corrected chi connectivity index (χ3v) is 4.78. The average Bonchev–Trinajstić information content (AvgIpc) is 2.73. The number of piperazine rings is 1. The summed E-state index contributed by atoms with van der Waals surface area (Å²) in [4.78, 5) is 27.9. The Morgan fingerprint density at radius 3 is 2.19 bits per heavy atom. The highest BCUT2D eigenvalue weighted by Gasteiger charge is 2.21. The van der Waals surface area contributed by atoms with Crippen LogP contribution in [0.15, 0.2) is 48.5 Å². The van der Waals surface area contributed by atoms with E-state index in [4.69, 9.17) is 4.74 Å². The van der Waals surface area contributed by atoms with E-state index in [0.717, 1.165) is 24.3 Å². The van der Waals surface area contributed by atoms with Crippen LogP contribution in [0.1, 0.15) is 21.5 Å². The van der Waals surface area contributed by atoms with Gasteiger partial charge >= 0.3 is 12.0 Å². The van der Waals surface area contributed by atoms with Crippen molar-refractivity contribution in [1.29, 1.82) is 0 Å². The van der Waals surface area contributed by atoms with Gasteiger partial charge in [-0.25, -0.2) is 9.59 Å². The number of urea groups is 1. The predicted molar refractivity (Wildman–Crippen MR) is 105 cm³/mol. The van der Waals surface area contributed by atoms with E-state index in [1.807, 2.05) is 48.2 Å². The number of hydrogen-bond acceptors (Lipinski definition) is 4. The number of rotatable bonds is 4. The standard InChI is InChI=1S/C21H25N3O3/c1-16-3-5-17(6-4-16)15-22-21(26)24-13-11-23(12-14-24)19-9-7-18(8-10-19)20(25)27-2/h3-10H,11-15H2,1-2H3,(H,22,26). The highest BCUT2D eigenvalue weighted by molar-refractivity contribution is 5.89. The van der Waals surface area contributed by atoms with E-state index >= 15 is 0 Å². The van der Waals surface area contributed by atoms with E-state index in [2.05, 4.69) is 10.2 Å². The number of hydrogen-bond donors (Lipinski definition) is 1. The highest BCUT2D eigenvalue weighted by atomic mass is 16.5. The summed E-state index contributed by atoms with van der Waals surface area (Å²) < 4.78 is 4.72. The number of esters is 1. The second-order valence-corrected chi connectivity index (χ2v) is 6.66. The SMILES string of the molecule is COC(=O)c1ccc(N2CCN(C(=O)NCc3ccc(C)cc3)CC2)cc1. The molecule has 0 spiro atoms. The molecule has 3 rings (SSSR count). The Kier molecular flexibility index (Phi) is 5.96. The van der Waals surface area contributed by atoms with E-state index in [9.17, 15) is 9.59 Å². The maximum atomic E-state index is 12.4. The first kappa shape index (κ1) is 18.8. The lowest BCUT2D eigenvalue weighted by molar-refractivity contribution is 0.0600. The number of benzene rings is 2. The summed E-state index contributed by atoms with van der Waals surface area (Å²) in [6.45, 7) is 5.43. The summed E-state index contributed by atoms with van der Waals surface area (Å²) in [6, 6.07) is 15.5. The first-order chi connectivity index (χ1) is 13.1. The number of nitrogens with zero attached hydrogens (tertiary/aromatic N) is 2.